The molecular formula is C26H30N2O2. The molecule has 0 aromatic heterocycles. The Morgan fingerprint density at radius 2 is 1.63 bits per heavy atom. The first-order chi connectivity index (χ1) is 14.7. The molecule has 0 saturated carbocycles. The highest BCUT2D eigenvalue weighted by Crippen LogP contribution is 2.42. The normalized spacial score (nSPS) is 18.0. The highest BCUT2D eigenvalue weighted by atomic mass is 16.5. The summed E-state index contributed by atoms with van der Waals surface area (Å²) in [5.74, 6) is 0.867. The zero-order valence-electron chi connectivity index (χ0n) is 17.7. The second-order valence-corrected chi connectivity index (χ2v) is 7.97. The number of aliphatic hydroxyl groups excluding tert-OH is 1. The summed E-state index contributed by atoms with van der Waals surface area (Å²) in [5, 5.41) is 14.1. The molecule has 2 N–H and O–H groups in total. The molecule has 0 fully saturated rings. The number of benzene rings is 3. The van der Waals surface area contributed by atoms with E-state index in [1.54, 1.807) is 0 Å². The molecule has 3 aromatic carbocycles. The van der Waals surface area contributed by atoms with Crippen LogP contribution in [-0.4, -0.2) is 25.2 Å². The molecule has 4 rings (SSSR count). The molecule has 1 aliphatic carbocycles. The lowest BCUT2D eigenvalue weighted by atomic mass is 9.84. The lowest BCUT2D eigenvalue weighted by Gasteiger charge is -2.34. The van der Waals surface area contributed by atoms with Gasteiger partial charge >= 0.3 is 0 Å². The van der Waals surface area contributed by atoms with Crippen LogP contribution in [0.2, 0.25) is 0 Å². The van der Waals surface area contributed by atoms with E-state index in [2.05, 4.69) is 53.7 Å². The number of nitrogens with one attached hydrogen (secondary N) is 1. The molecule has 1 aliphatic rings. The monoisotopic (exact) mass is 402 g/mol. The van der Waals surface area contributed by atoms with Crippen LogP contribution in [0.3, 0.4) is 0 Å². The van der Waals surface area contributed by atoms with E-state index >= 15 is 0 Å². The van der Waals surface area contributed by atoms with Gasteiger partial charge in [0.1, 0.15) is 12.4 Å². The molecule has 30 heavy (non-hydrogen) atoms. The highest BCUT2D eigenvalue weighted by Gasteiger charge is 2.30. The largest absolute Gasteiger partial charge is 0.487 e. The molecule has 0 heterocycles. The van der Waals surface area contributed by atoms with Crippen molar-refractivity contribution in [2.24, 2.45) is 0 Å². The number of anilines is 1. The van der Waals surface area contributed by atoms with Crippen molar-refractivity contribution in [2.75, 3.05) is 19.0 Å². The number of rotatable bonds is 7. The maximum absolute atomic E-state index is 10.9. The van der Waals surface area contributed by atoms with Gasteiger partial charge in [-0.2, -0.15) is 0 Å². The molecule has 0 amide bonds. The third-order valence-corrected chi connectivity index (χ3v) is 5.94. The fourth-order valence-corrected chi connectivity index (χ4v) is 4.35. The molecule has 0 bridgehead atoms. The van der Waals surface area contributed by atoms with Gasteiger partial charge in [-0.05, 0) is 48.2 Å². The predicted molar refractivity (Wildman–Crippen MR) is 122 cm³/mol. The van der Waals surface area contributed by atoms with Crippen LogP contribution in [0.25, 0.3) is 0 Å². The smallest absolute Gasteiger partial charge is 0.143 e. The second-order valence-electron chi connectivity index (χ2n) is 7.97. The molecular weight excluding hydrogens is 372 g/mol. The quantitative estimate of drug-likeness (QED) is 0.612. The van der Waals surface area contributed by atoms with E-state index < -0.39 is 6.10 Å². The first-order valence-corrected chi connectivity index (χ1v) is 10.6. The van der Waals surface area contributed by atoms with Gasteiger partial charge in [-0.1, -0.05) is 66.7 Å². The molecule has 0 radical (unpaired) electrons. The average molecular weight is 403 g/mol. The minimum absolute atomic E-state index is 0.0841. The zero-order valence-corrected chi connectivity index (χ0v) is 17.7. The number of likely N-dealkylation sites (N-methyl/N-ethyl adjacent to an activating group) is 1. The van der Waals surface area contributed by atoms with Crippen molar-refractivity contribution >= 4 is 5.69 Å². The lowest BCUT2D eigenvalue weighted by Crippen LogP contribution is -2.36. The fourth-order valence-electron chi connectivity index (χ4n) is 4.35. The van der Waals surface area contributed by atoms with Crippen LogP contribution < -0.4 is 15.0 Å². The maximum Gasteiger partial charge on any atom is 0.143 e. The van der Waals surface area contributed by atoms with E-state index in [-0.39, 0.29) is 6.04 Å². The Bertz CT molecular complexity index is 960. The maximum atomic E-state index is 10.9. The zero-order chi connectivity index (χ0) is 20.9. The van der Waals surface area contributed by atoms with Crippen LogP contribution in [-0.2, 0) is 19.6 Å². The minimum atomic E-state index is -0.509. The third kappa shape index (κ3) is 4.35. The number of nitrogens with zero attached hydrogens (tertiary/aromatic N) is 1. The number of fused-ring (bicyclic) bond motifs is 1. The topological polar surface area (TPSA) is 44.7 Å². The van der Waals surface area contributed by atoms with Gasteiger partial charge < -0.3 is 20.1 Å². The summed E-state index contributed by atoms with van der Waals surface area (Å²) >= 11 is 0. The SMILES string of the molecule is CN[C@H]1CCc2c(ccc(OCc3ccccc3)c2N(C)Cc2ccccc2)[C@@H]1O. The fraction of sp³-hybridized carbons (Fsp3) is 0.308. The summed E-state index contributed by atoms with van der Waals surface area (Å²) in [4.78, 5) is 2.25. The molecule has 0 aliphatic heterocycles. The Morgan fingerprint density at radius 1 is 0.967 bits per heavy atom. The molecule has 0 spiro atoms. The third-order valence-electron chi connectivity index (χ3n) is 5.94. The Hall–Kier alpha value is -2.82. The Balaban J connectivity index is 1.68. The standard InChI is InChI=1S/C26H30N2O2/c1-27-23-15-13-21-22(26(23)29)14-16-24(30-18-20-11-7-4-8-12-20)25(21)28(2)17-19-9-5-3-6-10-19/h3-12,14,16,23,26-27,29H,13,15,17-18H2,1-2H3/t23-,26-/m0/s1. The summed E-state index contributed by atoms with van der Waals surface area (Å²) in [6.07, 6.45) is 1.30. The highest BCUT2D eigenvalue weighted by molar-refractivity contribution is 5.67. The van der Waals surface area contributed by atoms with Crippen LogP contribution in [0, 0.1) is 0 Å². The Morgan fingerprint density at radius 3 is 2.30 bits per heavy atom. The summed E-state index contributed by atoms with van der Waals surface area (Å²) < 4.78 is 6.30. The number of ether oxygens (including phenoxy) is 1. The Labute approximate surface area is 179 Å². The van der Waals surface area contributed by atoms with Crippen LogP contribution in [0.1, 0.15) is 34.8 Å². The number of hydrogen-bond acceptors (Lipinski definition) is 4. The van der Waals surface area contributed by atoms with Crippen molar-refractivity contribution < 1.29 is 9.84 Å². The van der Waals surface area contributed by atoms with Crippen LogP contribution in [0.4, 0.5) is 5.69 Å². The van der Waals surface area contributed by atoms with E-state index in [1.807, 2.05) is 43.4 Å². The molecule has 3 aromatic rings. The van der Waals surface area contributed by atoms with E-state index in [0.29, 0.717) is 6.61 Å². The van der Waals surface area contributed by atoms with E-state index in [9.17, 15) is 5.11 Å². The average Bonchev–Trinajstić information content (AvgIpc) is 2.79. The van der Waals surface area contributed by atoms with Gasteiger partial charge in [0.05, 0.1) is 11.8 Å². The van der Waals surface area contributed by atoms with E-state index in [0.717, 1.165) is 42.0 Å². The molecule has 2 atom stereocenters. The van der Waals surface area contributed by atoms with Crippen molar-refractivity contribution in [1.29, 1.82) is 0 Å². The summed E-state index contributed by atoms with van der Waals surface area (Å²) in [6, 6.07) is 24.8. The second kappa shape index (κ2) is 9.33. The van der Waals surface area contributed by atoms with Crippen LogP contribution in [0.15, 0.2) is 72.8 Å². The Kier molecular flexibility index (Phi) is 6.36. The molecule has 156 valence electrons. The van der Waals surface area contributed by atoms with Gasteiger partial charge in [0.25, 0.3) is 0 Å². The minimum Gasteiger partial charge on any atom is -0.487 e. The number of aliphatic hydroxyl groups is 1. The van der Waals surface area contributed by atoms with Crippen molar-refractivity contribution in [3.8, 4) is 5.75 Å². The summed E-state index contributed by atoms with van der Waals surface area (Å²) in [5.41, 5.74) is 5.67. The van der Waals surface area contributed by atoms with Gasteiger partial charge in [0, 0.05) is 19.6 Å². The van der Waals surface area contributed by atoms with E-state index in [1.165, 1.54) is 11.1 Å². The lowest BCUT2D eigenvalue weighted by molar-refractivity contribution is 0.119. The summed E-state index contributed by atoms with van der Waals surface area (Å²) in [7, 11) is 4.02. The van der Waals surface area contributed by atoms with Gasteiger partial charge in [-0.15, -0.1) is 0 Å². The van der Waals surface area contributed by atoms with Crippen molar-refractivity contribution in [2.45, 2.75) is 38.1 Å². The van der Waals surface area contributed by atoms with Crippen molar-refractivity contribution in [1.82, 2.24) is 5.32 Å². The number of hydrogen-bond donors (Lipinski definition) is 2. The van der Waals surface area contributed by atoms with Crippen molar-refractivity contribution in [3.63, 3.8) is 0 Å². The predicted octanol–water partition coefficient (Wildman–Crippen LogP) is 4.47. The first-order valence-electron chi connectivity index (χ1n) is 10.6. The van der Waals surface area contributed by atoms with E-state index in [4.69, 9.17) is 4.74 Å². The van der Waals surface area contributed by atoms with Crippen LogP contribution in [0.5, 0.6) is 5.75 Å². The van der Waals surface area contributed by atoms with Gasteiger partial charge in [0.2, 0.25) is 0 Å². The van der Waals surface area contributed by atoms with Crippen molar-refractivity contribution in [3.05, 3.63) is 95.1 Å². The first kappa shape index (κ1) is 20.5. The molecule has 0 saturated heterocycles. The molecule has 4 nitrogen and oxygen atoms in total. The molecule has 0 unspecified atom stereocenters. The van der Waals surface area contributed by atoms with Crippen LogP contribution >= 0.6 is 0 Å². The summed E-state index contributed by atoms with van der Waals surface area (Å²) in [6.45, 7) is 1.30. The van der Waals surface area contributed by atoms with Gasteiger partial charge in [-0.25, -0.2) is 0 Å². The van der Waals surface area contributed by atoms with Gasteiger partial charge in [0.15, 0.2) is 0 Å². The van der Waals surface area contributed by atoms with Gasteiger partial charge in [-0.3, -0.25) is 0 Å². The molecule has 4 heteroatoms.